The molecule has 0 radical (unpaired) electrons. The Hall–Kier alpha value is -1.52. The molecule has 1 saturated heterocycles. The highest BCUT2D eigenvalue weighted by molar-refractivity contribution is 5.85. The van der Waals surface area contributed by atoms with Crippen LogP contribution < -0.4 is 4.90 Å². The maximum atomic E-state index is 10.8. The maximum absolute atomic E-state index is 10.8. The summed E-state index contributed by atoms with van der Waals surface area (Å²) in [6.07, 6.45) is 2.31. The van der Waals surface area contributed by atoms with Crippen LogP contribution in [0.15, 0.2) is 4.42 Å². The minimum Gasteiger partial charge on any atom is -0.475 e. The van der Waals surface area contributed by atoms with E-state index in [9.17, 15) is 4.79 Å². The molecule has 1 aromatic rings. The van der Waals surface area contributed by atoms with Crippen LogP contribution in [0.2, 0.25) is 0 Å². The smallest absolute Gasteiger partial charge is 0.373 e. The van der Waals surface area contributed by atoms with E-state index in [1.54, 1.807) is 6.92 Å². The molecule has 0 saturated carbocycles. The zero-order valence-electron chi connectivity index (χ0n) is 9.56. The standard InChI is InChI=1S/C11H16N2O3/c1-7-4-3-5-13(6-7)11-12-8(2)9(16-11)10(14)15/h7H,3-6H2,1-2H3,(H,14,15). The molecule has 0 spiro atoms. The predicted molar refractivity (Wildman–Crippen MR) is 58.8 cm³/mol. The molecule has 88 valence electrons. The van der Waals surface area contributed by atoms with Crippen molar-refractivity contribution in [1.29, 1.82) is 0 Å². The Bertz CT molecular complexity index is 400. The molecule has 1 fully saturated rings. The van der Waals surface area contributed by atoms with Crippen LogP contribution in [0.25, 0.3) is 0 Å². The van der Waals surface area contributed by atoms with Gasteiger partial charge in [-0.1, -0.05) is 6.92 Å². The van der Waals surface area contributed by atoms with Gasteiger partial charge in [0, 0.05) is 13.1 Å². The van der Waals surface area contributed by atoms with Crippen LogP contribution in [0.5, 0.6) is 0 Å². The fraction of sp³-hybridized carbons (Fsp3) is 0.636. The number of carboxylic acid groups (broad SMARTS) is 1. The minimum absolute atomic E-state index is 0.0479. The lowest BCUT2D eigenvalue weighted by atomic mass is 10.0. The van der Waals surface area contributed by atoms with Crippen LogP contribution in [-0.4, -0.2) is 29.1 Å². The maximum Gasteiger partial charge on any atom is 0.373 e. The molecule has 2 heterocycles. The molecule has 1 N–H and O–H groups in total. The van der Waals surface area contributed by atoms with Gasteiger partial charge in [-0.05, 0) is 25.7 Å². The van der Waals surface area contributed by atoms with E-state index in [2.05, 4.69) is 11.9 Å². The summed E-state index contributed by atoms with van der Waals surface area (Å²) in [5.41, 5.74) is 0.445. The van der Waals surface area contributed by atoms with Crippen molar-refractivity contribution in [3.63, 3.8) is 0 Å². The number of anilines is 1. The van der Waals surface area contributed by atoms with E-state index in [0.29, 0.717) is 17.6 Å². The van der Waals surface area contributed by atoms with Gasteiger partial charge in [-0.25, -0.2) is 4.79 Å². The quantitative estimate of drug-likeness (QED) is 0.831. The fourth-order valence-corrected chi connectivity index (χ4v) is 2.08. The zero-order chi connectivity index (χ0) is 11.7. The highest BCUT2D eigenvalue weighted by atomic mass is 16.4. The zero-order valence-corrected chi connectivity index (χ0v) is 9.56. The molecular formula is C11H16N2O3. The lowest BCUT2D eigenvalue weighted by Gasteiger charge is -2.29. The van der Waals surface area contributed by atoms with E-state index in [1.807, 2.05) is 4.90 Å². The number of aromatic carboxylic acids is 1. The van der Waals surface area contributed by atoms with Gasteiger partial charge in [-0.15, -0.1) is 0 Å². The third-order valence-corrected chi connectivity index (χ3v) is 2.91. The van der Waals surface area contributed by atoms with Crippen LogP contribution in [0.4, 0.5) is 6.01 Å². The number of oxazole rings is 1. The molecule has 1 atom stereocenters. The van der Waals surface area contributed by atoms with Gasteiger partial charge < -0.3 is 14.4 Å². The van der Waals surface area contributed by atoms with Crippen molar-refractivity contribution in [3.05, 3.63) is 11.5 Å². The van der Waals surface area contributed by atoms with Gasteiger partial charge in [0.1, 0.15) is 0 Å². The highest BCUT2D eigenvalue weighted by Gasteiger charge is 2.23. The van der Waals surface area contributed by atoms with Crippen molar-refractivity contribution < 1.29 is 14.3 Å². The first-order valence-corrected chi connectivity index (χ1v) is 5.53. The summed E-state index contributed by atoms with van der Waals surface area (Å²) in [6.45, 7) is 5.62. The van der Waals surface area contributed by atoms with E-state index in [4.69, 9.17) is 9.52 Å². The van der Waals surface area contributed by atoms with Crippen LogP contribution in [-0.2, 0) is 0 Å². The van der Waals surface area contributed by atoms with Gasteiger partial charge in [-0.2, -0.15) is 4.98 Å². The molecule has 2 rings (SSSR count). The number of hydrogen-bond donors (Lipinski definition) is 1. The average Bonchev–Trinajstić information content (AvgIpc) is 2.60. The summed E-state index contributed by atoms with van der Waals surface area (Å²) in [7, 11) is 0. The number of carboxylic acids is 1. The Morgan fingerprint density at radius 1 is 1.62 bits per heavy atom. The van der Waals surface area contributed by atoms with Crippen LogP contribution in [0.3, 0.4) is 0 Å². The topological polar surface area (TPSA) is 66.6 Å². The third kappa shape index (κ3) is 2.03. The van der Waals surface area contributed by atoms with Crippen molar-refractivity contribution >= 4 is 12.0 Å². The second-order valence-corrected chi connectivity index (χ2v) is 4.41. The summed E-state index contributed by atoms with van der Waals surface area (Å²) in [5.74, 6) is -0.497. The molecular weight excluding hydrogens is 208 g/mol. The second-order valence-electron chi connectivity index (χ2n) is 4.41. The van der Waals surface area contributed by atoms with Crippen molar-refractivity contribution in [1.82, 2.24) is 4.98 Å². The van der Waals surface area contributed by atoms with Gasteiger partial charge in [0.25, 0.3) is 6.01 Å². The normalized spacial score (nSPS) is 21.1. The van der Waals surface area contributed by atoms with Crippen molar-refractivity contribution in [2.75, 3.05) is 18.0 Å². The molecule has 0 bridgehead atoms. The summed E-state index contributed by atoms with van der Waals surface area (Å²) >= 11 is 0. The Balaban J connectivity index is 2.20. The first-order chi connectivity index (χ1) is 7.58. The van der Waals surface area contributed by atoms with Crippen LogP contribution in [0.1, 0.15) is 36.0 Å². The molecule has 1 aliphatic heterocycles. The number of piperidine rings is 1. The largest absolute Gasteiger partial charge is 0.475 e. The van der Waals surface area contributed by atoms with E-state index >= 15 is 0 Å². The molecule has 16 heavy (non-hydrogen) atoms. The highest BCUT2D eigenvalue weighted by Crippen LogP contribution is 2.24. The molecule has 5 heteroatoms. The summed E-state index contributed by atoms with van der Waals surface area (Å²) in [6, 6.07) is 0.446. The average molecular weight is 224 g/mol. The second kappa shape index (κ2) is 4.15. The lowest BCUT2D eigenvalue weighted by Crippen LogP contribution is -2.34. The minimum atomic E-state index is -1.05. The van der Waals surface area contributed by atoms with E-state index < -0.39 is 5.97 Å². The Morgan fingerprint density at radius 3 is 2.94 bits per heavy atom. The van der Waals surface area contributed by atoms with Crippen LogP contribution >= 0.6 is 0 Å². The first-order valence-electron chi connectivity index (χ1n) is 5.53. The number of aromatic nitrogens is 1. The summed E-state index contributed by atoms with van der Waals surface area (Å²) in [4.78, 5) is 17.0. The van der Waals surface area contributed by atoms with Crippen molar-refractivity contribution in [2.45, 2.75) is 26.7 Å². The number of aryl methyl sites for hydroxylation is 1. The molecule has 0 aromatic carbocycles. The number of rotatable bonds is 2. The Kier molecular flexibility index (Phi) is 2.85. The number of carbonyl (C=O) groups is 1. The van der Waals surface area contributed by atoms with Crippen molar-refractivity contribution in [2.24, 2.45) is 5.92 Å². The molecule has 1 unspecified atom stereocenters. The van der Waals surface area contributed by atoms with Gasteiger partial charge in [0.2, 0.25) is 5.76 Å². The molecule has 1 aliphatic rings. The van der Waals surface area contributed by atoms with Gasteiger partial charge >= 0.3 is 5.97 Å². The van der Waals surface area contributed by atoms with Crippen LogP contribution in [0, 0.1) is 12.8 Å². The van der Waals surface area contributed by atoms with Gasteiger partial charge in [-0.3, -0.25) is 0 Å². The number of hydrogen-bond acceptors (Lipinski definition) is 4. The Morgan fingerprint density at radius 2 is 2.38 bits per heavy atom. The predicted octanol–water partition coefficient (Wildman–Crippen LogP) is 1.92. The molecule has 0 aliphatic carbocycles. The fourth-order valence-electron chi connectivity index (χ4n) is 2.08. The van der Waals surface area contributed by atoms with E-state index in [1.165, 1.54) is 6.42 Å². The van der Waals surface area contributed by atoms with Crippen molar-refractivity contribution in [3.8, 4) is 0 Å². The first kappa shape index (κ1) is 11.0. The number of nitrogens with zero attached hydrogens (tertiary/aromatic N) is 2. The molecule has 1 aromatic heterocycles. The summed E-state index contributed by atoms with van der Waals surface area (Å²) < 4.78 is 5.28. The molecule has 5 nitrogen and oxygen atoms in total. The van der Waals surface area contributed by atoms with E-state index in [0.717, 1.165) is 19.5 Å². The monoisotopic (exact) mass is 224 g/mol. The SMILES string of the molecule is Cc1nc(N2CCCC(C)C2)oc1C(=O)O. The third-order valence-electron chi connectivity index (χ3n) is 2.91. The van der Waals surface area contributed by atoms with E-state index in [-0.39, 0.29) is 5.76 Å². The summed E-state index contributed by atoms with van der Waals surface area (Å²) in [5, 5.41) is 8.88. The lowest BCUT2D eigenvalue weighted by molar-refractivity contribution is 0.0662. The van der Waals surface area contributed by atoms with Gasteiger partial charge in [0.15, 0.2) is 0 Å². The van der Waals surface area contributed by atoms with Gasteiger partial charge in [0.05, 0.1) is 5.69 Å². The molecule has 0 amide bonds. The Labute approximate surface area is 94.1 Å².